The minimum absolute atomic E-state index is 0.174. The summed E-state index contributed by atoms with van der Waals surface area (Å²) >= 11 is 3.22. The Morgan fingerprint density at radius 1 is 1.60 bits per heavy atom. The van der Waals surface area contributed by atoms with Crippen LogP contribution >= 0.6 is 15.9 Å². The average molecular weight is 272 g/mol. The molecule has 0 fully saturated rings. The number of halogens is 1. The van der Waals surface area contributed by atoms with Crippen LogP contribution in [-0.4, -0.2) is 17.1 Å². The minimum Gasteiger partial charge on any atom is -0.335 e. The van der Waals surface area contributed by atoms with E-state index in [0.29, 0.717) is 5.69 Å². The first-order chi connectivity index (χ1) is 7.11. The Labute approximate surface area is 97.6 Å². The Morgan fingerprint density at radius 2 is 2.33 bits per heavy atom. The lowest BCUT2D eigenvalue weighted by molar-refractivity contribution is 0.249. The third-order valence-electron chi connectivity index (χ3n) is 1.98. The first-order valence-electron chi connectivity index (χ1n) is 4.81. The largest absolute Gasteiger partial charge is 0.335 e. The highest BCUT2D eigenvalue weighted by Gasteiger charge is 2.04. The predicted octanol–water partition coefficient (Wildman–Crippen LogP) is 2.76. The maximum Gasteiger partial charge on any atom is 0.319 e. The number of amides is 2. The Hall–Kier alpha value is -1.10. The van der Waals surface area contributed by atoms with Crippen molar-refractivity contribution in [3.05, 3.63) is 22.9 Å². The van der Waals surface area contributed by atoms with E-state index in [9.17, 15) is 4.79 Å². The maximum atomic E-state index is 11.4. The molecule has 0 bridgehead atoms. The molecule has 1 unspecified atom stereocenters. The van der Waals surface area contributed by atoms with E-state index in [1.54, 1.807) is 18.3 Å². The Kier molecular flexibility index (Phi) is 4.55. The van der Waals surface area contributed by atoms with E-state index < -0.39 is 0 Å². The average Bonchev–Trinajstić information content (AvgIpc) is 2.21. The van der Waals surface area contributed by atoms with Gasteiger partial charge in [-0.3, -0.25) is 0 Å². The van der Waals surface area contributed by atoms with Crippen LogP contribution in [0.15, 0.2) is 22.9 Å². The molecule has 15 heavy (non-hydrogen) atoms. The van der Waals surface area contributed by atoms with Crippen LogP contribution in [0.25, 0.3) is 0 Å². The zero-order valence-corrected chi connectivity index (χ0v) is 10.3. The van der Waals surface area contributed by atoms with E-state index in [4.69, 9.17) is 0 Å². The van der Waals surface area contributed by atoms with Gasteiger partial charge in [-0.05, 0) is 41.4 Å². The fraction of sp³-hybridized carbons (Fsp3) is 0.400. The number of hydrogen-bond acceptors (Lipinski definition) is 2. The molecule has 0 aliphatic rings. The molecule has 0 saturated carbocycles. The van der Waals surface area contributed by atoms with Crippen LogP contribution in [-0.2, 0) is 0 Å². The molecule has 2 amide bonds. The molecule has 2 N–H and O–H groups in total. The van der Waals surface area contributed by atoms with Crippen molar-refractivity contribution in [2.45, 2.75) is 26.3 Å². The number of aromatic nitrogens is 1. The Balaban J connectivity index is 2.48. The van der Waals surface area contributed by atoms with Gasteiger partial charge in [0, 0.05) is 6.04 Å². The van der Waals surface area contributed by atoms with Gasteiger partial charge in [-0.25, -0.2) is 9.78 Å². The van der Waals surface area contributed by atoms with Crippen LogP contribution in [0, 0.1) is 0 Å². The standard InChI is InChI=1S/C10H14BrN3O/c1-3-7(2)13-10(15)14-8-4-5-9(11)12-6-8/h4-7H,3H2,1-2H3,(H2,13,14,15). The molecule has 1 atom stereocenters. The molecule has 0 aromatic carbocycles. The van der Waals surface area contributed by atoms with Crippen molar-refractivity contribution in [2.75, 3.05) is 5.32 Å². The van der Waals surface area contributed by atoms with Crippen LogP contribution < -0.4 is 10.6 Å². The predicted molar refractivity (Wildman–Crippen MR) is 63.8 cm³/mol. The molecule has 0 aliphatic carbocycles. The summed E-state index contributed by atoms with van der Waals surface area (Å²) in [5.41, 5.74) is 0.680. The molecular formula is C10H14BrN3O. The van der Waals surface area contributed by atoms with Crippen LogP contribution in [0.5, 0.6) is 0 Å². The van der Waals surface area contributed by atoms with Gasteiger partial charge >= 0.3 is 6.03 Å². The van der Waals surface area contributed by atoms with Gasteiger partial charge in [-0.2, -0.15) is 0 Å². The van der Waals surface area contributed by atoms with Crippen LogP contribution in [0.4, 0.5) is 10.5 Å². The van der Waals surface area contributed by atoms with Crippen LogP contribution in [0.1, 0.15) is 20.3 Å². The molecule has 5 heteroatoms. The molecule has 0 radical (unpaired) electrons. The quantitative estimate of drug-likeness (QED) is 0.831. The lowest BCUT2D eigenvalue weighted by Gasteiger charge is -2.12. The van der Waals surface area contributed by atoms with E-state index in [0.717, 1.165) is 11.0 Å². The van der Waals surface area contributed by atoms with Crippen LogP contribution in [0.2, 0.25) is 0 Å². The second-order valence-corrected chi connectivity index (χ2v) is 4.09. The second-order valence-electron chi connectivity index (χ2n) is 3.28. The number of hydrogen-bond donors (Lipinski definition) is 2. The molecule has 82 valence electrons. The highest BCUT2D eigenvalue weighted by molar-refractivity contribution is 9.10. The Bertz CT molecular complexity index is 326. The fourth-order valence-electron chi connectivity index (χ4n) is 0.943. The highest BCUT2D eigenvalue weighted by Crippen LogP contribution is 2.10. The number of nitrogens with one attached hydrogen (secondary N) is 2. The zero-order chi connectivity index (χ0) is 11.3. The summed E-state index contributed by atoms with van der Waals surface area (Å²) in [5.74, 6) is 0. The fourth-order valence-corrected chi connectivity index (χ4v) is 1.18. The third-order valence-corrected chi connectivity index (χ3v) is 2.44. The highest BCUT2D eigenvalue weighted by atomic mass is 79.9. The molecule has 1 aromatic rings. The van der Waals surface area contributed by atoms with Crippen molar-refractivity contribution in [3.8, 4) is 0 Å². The summed E-state index contributed by atoms with van der Waals surface area (Å²) in [6.07, 6.45) is 2.51. The van der Waals surface area contributed by atoms with Gasteiger partial charge in [0.2, 0.25) is 0 Å². The Morgan fingerprint density at radius 3 is 2.87 bits per heavy atom. The monoisotopic (exact) mass is 271 g/mol. The zero-order valence-electron chi connectivity index (χ0n) is 8.75. The molecular weight excluding hydrogens is 258 g/mol. The van der Waals surface area contributed by atoms with Gasteiger partial charge in [0.25, 0.3) is 0 Å². The molecule has 1 aromatic heterocycles. The van der Waals surface area contributed by atoms with E-state index in [-0.39, 0.29) is 12.1 Å². The normalized spacial score (nSPS) is 11.9. The van der Waals surface area contributed by atoms with Crippen molar-refractivity contribution in [1.82, 2.24) is 10.3 Å². The summed E-state index contributed by atoms with van der Waals surface area (Å²) in [6.45, 7) is 3.98. The molecule has 4 nitrogen and oxygen atoms in total. The molecule has 1 heterocycles. The second kappa shape index (κ2) is 5.70. The number of urea groups is 1. The number of rotatable bonds is 3. The summed E-state index contributed by atoms with van der Waals surface area (Å²) in [7, 11) is 0. The van der Waals surface area contributed by atoms with Gasteiger partial charge in [0.15, 0.2) is 0 Å². The number of carbonyl (C=O) groups is 1. The van der Waals surface area contributed by atoms with Gasteiger partial charge in [0.05, 0.1) is 11.9 Å². The molecule has 0 saturated heterocycles. The van der Waals surface area contributed by atoms with Gasteiger partial charge < -0.3 is 10.6 Å². The van der Waals surface area contributed by atoms with Crippen molar-refractivity contribution < 1.29 is 4.79 Å². The van der Waals surface area contributed by atoms with E-state index >= 15 is 0 Å². The molecule has 0 spiro atoms. The van der Waals surface area contributed by atoms with Crippen LogP contribution in [0.3, 0.4) is 0 Å². The topological polar surface area (TPSA) is 54.0 Å². The summed E-state index contributed by atoms with van der Waals surface area (Å²) in [5, 5.41) is 5.50. The summed E-state index contributed by atoms with van der Waals surface area (Å²) in [4.78, 5) is 15.4. The number of anilines is 1. The summed E-state index contributed by atoms with van der Waals surface area (Å²) < 4.78 is 0.746. The van der Waals surface area contributed by atoms with Crippen molar-refractivity contribution >= 4 is 27.6 Å². The third kappa shape index (κ3) is 4.29. The van der Waals surface area contributed by atoms with Gasteiger partial charge in [-0.1, -0.05) is 6.92 Å². The van der Waals surface area contributed by atoms with Gasteiger partial charge in [-0.15, -0.1) is 0 Å². The molecule has 0 aliphatic heterocycles. The van der Waals surface area contributed by atoms with E-state index in [1.807, 2.05) is 13.8 Å². The van der Waals surface area contributed by atoms with E-state index in [2.05, 4.69) is 31.5 Å². The van der Waals surface area contributed by atoms with E-state index in [1.165, 1.54) is 0 Å². The smallest absolute Gasteiger partial charge is 0.319 e. The molecule has 1 rings (SSSR count). The van der Waals surface area contributed by atoms with Crippen molar-refractivity contribution in [2.24, 2.45) is 0 Å². The number of nitrogens with zero attached hydrogens (tertiary/aromatic N) is 1. The lowest BCUT2D eigenvalue weighted by atomic mass is 10.3. The van der Waals surface area contributed by atoms with Gasteiger partial charge in [0.1, 0.15) is 4.60 Å². The number of pyridine rings is 1. The number of carbonyl (C=O) groups excluding carboxylic acids is 1. The van der Waals surface area contributed by atoms with Crippen molar-refractivity contribution in [3.63, 3.8) is 0 Å². The van der Waals surface area contributed by atoms with Crippen molar-refractivity contribution in [1.29, 1.82) is 0 Å². The maximum absolute atomic E-state index is 11.4. The summed E-state index contributed by atoms with van der Waals surface area (Å²) in [6, 6.07) is 3.54. The lowest BCUT2D eigenvalue weighted by Crippen LogP contribution is -2.35. The minimum atomic E-state index is -0.200. The first-order valence-corrected chi connectivity index (χ1v) is 5.60. The SMILES string of the molecule is CCC(C)NC(=O)Nc1ccc(Br)nc1. The first kappa shape index (κ1) is 12.0.